The summed E-state index contributed by atoms with van der Waals surface area (Å²) in [5.74, 6) is -0.00674. The number of hydrogen-bond acceptors (Lipinski definition) is 2. The number of hydrogen-bond donors (Lipinski definition) is 3. The van der Waals surface area contributed by atoms with Crippen LogP contribution in [0.2, 0.25) is 0 Å². The molecule has 1 rings (SSSR count). The van der Waals surface area contributed by atoms with E-state index >= 15 is 0 Å². The molecule has 5 nitrogen and oxygen atoms in total. The molecule has 22 heavy (non-hydrogen) atoms. The van der Waals surface area contributed by atoms with Gasteiger partial charge in [0.2, 0.25) is 5.91 Å². The SMILES string of the molecule is CCNC(=NCC(C)(C)C(N)=O)NCCc1ccccc1F. The van der Waals surface area contributed by atoms with Crippen molar-refractivity contribution in [2.75, 3.05) is 19.6 Å². The van der Waals surface area contributed by atoms with Crippen LogP contribution in [-0.2, 0) is 11.2 Å². The topological polar surface area (TPSA) is 79.5 Å². The fraction of sp³-hybridized carbons (Fsp3) is 0.500. The van der Waals surface area contributed by atoms with Gasteiger partial charge in [-0.1, -0.05) is 18.2 Å². The van der Waals surface area contributed by atoms with Gasteiger partial charge in [-0.15, -0.1) is 0 Å². The maximum atomic E-state index is 13.5. The van der Waals surface area contributed by atoms with Gasteiger partial charge < -0.3 is 16.4 Å². The third-order valence-electron chi connectivity index (χ3n) is 3.29. The first-order chi connectivity index (χ1) is 10.4. The summed E-state index contributed by atoms with van der Waals surface area (Å²) in [6.45, 7) is 6.99. The Morgan fingerprint density at radius 2 is 2.00 bits per heavy atom. The van der Waals surface area contributed by atoms with Crippen LogP contribution in [-0.4, -0.2) is 31.5 Å². The molecule has 0 unspecified atom stereocenters. The van der Waals surface area contributed by atoms with E-state index in [9.17, 15) is 9.18 Å². The fourth-order valence-corrected chi connectivity index (χ4v) is 1.71. The lowest BCUT2D eigenvalue weighted by molar-refractivity contribution is -0.125. The molecule has 122 valence electrons. The highest BCUT2D eigenvalue weighted by atomic mass is 19.1. The predicted octanol–water partition coefficient (Wildman–Crippen LogP) is 1.43. The van der Waals surface area contributed by atoms with Gasteiger partial charge in [0, 0.05) is 13.1 Å². The van der Waals surface area contributed by atoms with Gasteiger partial charge >= 0.3 is 0 Å². The van der Waals surface area contributed by atoms with Crippen molar-refractivity contribution in [1.29, 1.82) is 0 Å². The number of benzene rings is 1. The molecule has 0 saturated heterocycles. The van der Waals surface area contributed by atoms with Crippen molar-refractivity contribution in [3.8, 4) is 0 Å². The molecule has 0 aliphatic rings. The number of nitrogens with one attached hydrogen (secondary N) is 2. The van der Waals surface area contributed by atoms with Crippen LogP contribution in [0.5, 0.6) is 0 Å². The zero-order valence-electron chi connectivity index (χ0n) is 13.4. The van der Waals surface area contributed by atoms with Crippen LogP contribution in [0.25, 0.3) is 0 Å². The van der Waals surface area contributed by atoms with Crippen LogP contribution < -0.4 is 16.4 Å². The zero-order chi connectivity index (χ0) is 16.6. The summed E-state index contributed by atoms with van der Waals surface area (Å²) >= 11 is 0. The second-order valence-corrected chi connectivity index (χ2v) is 5.71. The van der Waals surface area contributed by atoms with E-state index in [1.807, 2.05) is 13.0 Å². The lowest BCUT2D eigenvalue weighted by Gasteiger charge is -2.19. The molecule has 0 aromatic heterocycles. The molecule has 0 bridgehead atoms. The molecule has 0 spiro atoms. The van der Waals surface area contributed by atoms with Gasteiger partial charge in [0.1, 0.15) is 5.82 Å². The van der Waals surface area contributed by atoms with Crippen LogP contribution >= 0.6 is 0 Å². The Morgan fingerprint density at radius 3 is 2.59 bits per heavy atom. The highest BCUT2D eigenvalue weighted by Gasteiger charge is 2.24. The number of nitrogens with two attached hydrogens (primary N) is 1. The summed E-state index contributed by atoms with van der Waals surface area (Å²) in [6.07, 6.45) is 0.552. The first-order valence-corrected chi connectivity index (χ1v) is 7.42. The lowest BCUT2D eigenvalue weighted by Crippen LogP contribution is -2.40. The van der Waals surface area contributed by atoms with Crippen LogP contribution in [0.15, 0.2) is 29.3 Å². The summed E-state index contributed by atoms with van der Waals surface area (Å²) < 4.78 is 13.5. The Balaban J connectivity index is 2.57. The molecule has 0 aliphatic carbocycles. The van der Waals surface area contributed by atoms with E-state index < -0.39 is 11.3 Å². The number of primary amides is 1. The molecular formula is C16H25FN4O. The number of carbonyl (C=O) groups excluding carboxylic acids is 1. The van der Waals surface area contributed by atoms with Crippen molar-refractivity contribution in [1.82, 2.24) is 10.6 Å². The van der Waals surface area contributed by atoms with Gasteiger partial charge in [0.05, 0.1) is 12.0 Å². The average molecular weight is 308 g/mol. The third kappa shape index (κ3) is 5.71. The van der Waals surface area contributed by atoms with Gasteiger partial charge in [-0.3, -0.25) is 9.79 Å². The van der Waals surface area contributed by atoms with Crippen LogP contribution in [0.4, 0.5) is 4.39 Å². The van der Waals surface area contributed by atoms with Gasteiger partial charge in [-0.05, 0) is 38.8 Å². The third-order valence-corrected chi connectivity index (χ3v) is 3.29. The Kier molecular flexibility index (Phi) is 6.82. The standard InChI is InChI=1S/C16H25FN4O/c1-4-19-15(21-11-16(2,3)14(18)22)20-10-9-12-7-5-6-8-13(12)17/h5-8H,4,9-11H2,1-3H3,(H2,18,22)(H2,19,20,21). The molecule has 0 heterocycles. The Labute approximate surface area is 131 Å². The Bertz CT molecular complexity index is 529. The van der Waals surface area contributed by atoms with E-state index in [0.29, 0.717) is 31.0 Å². The molecule has 6 heteroatoms. The number of aliphatic imine (C=N–C) groups is 1. The molecule has 4 N–H and O–H groups in total. The van der Waals surface area contributed by atoms with Crippen LogP contribution in [0.1, 0.15) is 26.3 Å². The molecule has 0 aliphatic heterocycles. The summed E-state index contributed by atoms with van der Waals surface area (Å²) in [5, 5.41) is 6.22. The smallest absolute Gasteiger partial charge is 0.224 e. The summed E-state index contributed by atoms with van der Waals surface area (Å²) in [7, 11) is 0. The molecule has 1 aromatic carbocycles. The van der Waals surface area contributed by atoms with Crippen molar-refractivity contribution in [3.63, 3.8) is 0 Å². The highest BCUT2D eigenvalue weighted by Crippen LogP contribution is 2.13. The van der Waals surface area contributed by atoms with Gasteiger partial charge in [-0.2, -0.15) is 0 Å². The van der Waals surface area contributed by atoms with E-state index in [1.54, 1.807) is 26.0 Å². The maximum Gasteiger partial charge on any atom is 0.224 e. The number of halogens is 1. The van der Waals surface area contributed by atoms with Crippen molar-refractivity contribution in [2.24, 2.45) is 16.1 Å². The molecule has 0 atom stereocenters. The molecule has 1 amide bonds. The highest BCUT2D eigenvalue weighted by molar-refractivity contribution is 5.82. The van der Waals surface area contributed by atoms with Crippen LogP contribution in [0, 0.1) is 11.2 Å². The second-order valence-electron chi connectivity index (χ2n) is 5.71. The average Bonchev–Trinajstić information content (AvgIpc) is 2.46. The number of guanidine groups is 1. The zero-order valence-corrected chi connectivity index (χ0v) is 13.4. The number of carbonyl (C=O) groups is 1. The molecule has 0 fully saturated rings. The number of nitrogens with zero attached hydrogens (tertiary/aromatic N) is 1. The largest absolute Gasteiger partial charge is 0.369 e. The molecule has 0 saturated carbocycles. The van der Waals surface area contributed by atoms with E-state index in [-0.39, 0.29) is 12.4 Å². The van der Waals surface area contributed by atoms with Crippen LogP contribution in [0.3, 0.4) is 0 Å². The van der Waals surface area contributed by atoms with Gasteiger partial charge in [0.25, 0.3) is 0 Å². The Hall–Kier alpha value is -2.11. The first kappa shape index (κ1) is 17.9. The molecule has 0 radical (unpaired) electrons. The summed E-state index contributed by atoms with van der Waals surface area (Å²) in [5.41, 5.74) is 5.29. The minimum atomic E-state index is -0.701. The van der Waals surface area contributed by atoms with Crippen molar-refractivity contribution in [2.45, 2.75) is 27.2 Å². The van der Waals surface area contributed by atoms with Gasteiger partial charge in [0.15, 0.2) is 5.96 Å². The normalized spacial score (nSPS) is 12.1. The minimum absolute atomic E-state index is 0.207. The van der Waals surface area contributed by atoms with E-state index in [0.717, 1.165) is 0 Å². The van der Waals surface area contributed by atoms with Crippen molar-refractivity contribution < 1.29 is 9.18 Å². The molecular weight excluding hydrogens is 283 g/mol. The number of rotatable bonds is 7. The quantitative estimate of drug-likeness (QED) is 0.527. The summed E-state index contributed by atoms with van der Waals surface area (Å²) in [6, 6.07) is 6.69. The first-order valence-electron chi connectivity index (χ1n) is 7.42. The predicted molar refractivity (Wildman–Crippen MR) is 87.1 cm³/mol. The van der Waals surface area contributed by atoms with Crippen molar-refractivity contribution in [3.05, 3.63) is 35.6 Å². The van der Waals surface area contributed by atoms with E-state index in [2.05, 4.69) is 15.6 Å². The fourth-order valence-electron chi connectivity index (χ4n) is 1.71. The summed E-state index contributed by atoms with van der Waals surface area (Å²) in [4.78, 5) is 15.7. The second kappa shape index (κ2) is 8.36. The maximum absolute atomic E-state index is 13.5. The number of amides is 1. The minimum Gasteiger partial charge on any atom is -0.369 e. The molecule has 1 aromatic rings. The van der Waals surface area contributed by atoms with Gasteiger partial charge in [-0.25, -0.2) is 4.39 Å². The lowest BCUT2D eigenvalue weighted by atomic mass is 9.93. The monoisotopic (exact) mass is 308 g/mol. The van der Waals surface area contributed by atoms with E-state index in [4.69, 9.17) is 5.73 Å². The van der Waals surface area contributed by atoms with Crippen molar-refractivity contribution >= 4 is 11.9 Å². The van der Waals surface area contributed by atoms with E-state index in [1.165, 1.54) is 6.07 Å². The Morgan fingerprint density at radius 1 is 1.32 bits per heavy atom.